The zero-order valence-electron chi connectivity index (χ0n) is 8.53. The number of aromatic amines is 1. The molecule has 1 N–H and O–H groups in total. The molecule has 2 aromatic rings. The average molecular weight is 276 g/mol. The molecular formula is C10H8ClF2N3S. The van der Waals surface area contributed by atoms with Crippen LogP contribution in [0.5, 0.6) is 0 Å². The molecule has 0 radical (unpaired) electrons. The van der Waals surface area contributed by atoms with Gasteiger partial charge in [0.1, 0.15) is 0 Å². The van der Waals surface area contributed by atoms with Crippen molar-refractivity contribution in [2.75, 3.05) is 0 Å². The Morgan fingerprint density at radius 2 is 2.24 bits per heavy atom. The fraction of sp³-hybridized carbons (Fsp3) is 0.200. The molecule has 1 aromatic carbocycles. The summed E-state index contributed by atoms with van der Waals surface area (Å²) in [5, 5.41) is 6.83. The Morgan fingerprint density at radius 3 is 2.88 bits per heavy atom. The first kappa shape index (κ1) is 12.3. The number of H-pyrrole nitrogens is 1. The van der Waals surface area contributed by atoms with E-state index in [-0.39, 0.29) is 0 Å². The normalized spacial score (nSPS) is 11.1. The summed E-state index contributed by atoms with van der Waals surface area (Å²) in [5.41, 5.74) is 0.992. The predicted octanol–water partition coefficient (Wildman–Crippen LogP) is 3.69. The number of benzene rings is 1. The van der Waals surface area contributed by atoms with Crippen molar-refractivity contribution in [2.24, 2.45) is 0 Å². The summed E-state index contributed by atoms with van der Waals surface area (Å²) in [7, 11) is 0. The molecule has 0 saturated heterocycles. The van der Waals surface area contributed by atoms with Gasteiger partial charge >= 0.3 is 0 Å². The van der Waals surface area contributed by atoms with Gasteiger partial charge in [-0.2, -0.15) is 0 Å². The molecule has 0 atom stereocenters. The molecule has 90 valence electrons. The molecule has 7 heteroatoms. The molecular weight excluding hydrogens is 268 g/mol. The highest BCUT2D eigenvalue weighted by Crippen LogP contribution is 2.23. The maximum atomic E-state index is 12.2. The number of halogens is 3. The number of rotatable bonds is 4. The van der Waals surface area contributed by atoms with Gasteiger partial charge in [0, 0.05) is 10.8 Å². The van der Waals surface area contributed by atoms with E-state index in [1.807, 2.05) is 18.2 Å². The first-order valence-corrected chi connectivity index (χ1v) is 6.09. The maximum Gasteiger partial charge on any atom is 0.296 e. The lowest BCUT2D eigenvalue weighted by Crippen LogP contribution is -1.86. The monoisotopic (exact) mass is 275 g/mol. The van der Waals surface area contributed by atoms with E-state index in [2.05, 4.69) is 15.2 Å². The summed E-state index contributed by atoms with van der Waals surface area (Å²) < 4.78 is 24.5. The second-order valence-corrected chi connectivity index (χ2v) is 4.60. The van der Waals surface area contributed by atoms with Gasteiger partial charge in [-0.25, -0.2) is 13.8 Å². The molecule has 0 aliphatic carbocycles. The Balaban J connectivity index is 1.97. The van der Waals surface area contributed by atoms with E-state index in [1.54, 1.807) is 6.07 Å². The molecule has 0 aliphatic heterocycles. The summed E-state index contributed by atoms with van der Waals surface area (Å²) in [5.74, 6) is 0.180. The highest BCUT2D eigenvalue weighted by Gasteiger charge is 2.13. The molecule has 0 spiro atoms. The fourth-order valence-corrected chi connectivity index (χ4v) is 2.16. The van der Waals surface area contributed by atoms with Crippen molar-refractivity contribution in [2.45, 2.75) is 17.3 Å². The van der Waals surface area contributed by atoms with E-state index in [9.17, 15) is 8.78 Å². The molecule has 0 unspecified atom stereocenters. The zero-order valence-corrected chi connectivity index (χ0v) is 10.1. The van der Waals surface area contributed by atoms with Crippen LogP contribution < -0.4 is 0 Å². The molecule has 3 nitrogen and oxygen atoms in total. The molecule has 0 fully saturated rings. The third-order valence-electron chi connectivity index (χ3n) is 1.95. The van der Waals surface area contributed by atoms with Crippen molar-refractivity contribution in [3.63, 3.8) is 0 Å². The minimum absolute atomic E-state index is 0.306. The van der Waals surface area contributed by atoms with Gasteiger partial charge in [-0.05, 0) is 17.7 Å². The summed E-state index contributed by atoms with van der Waals surface area (Å²) >= 11 is 7.10. The first-order chi connectivity index (χ1) is 8.15. The number of thioether (sulfide) groups is 1. The van der Waals surface area contributed by atoms with Crippen molar-refractivity contribution < 1.29 is 8.78 Å². The topological polar surface area (TPSA) is 41.6 Å². The second-order valence-electron chi connectivity index (χ2n) is 3.22. The predicted molar refractivity (Wildman–Crippen MR) is 62.4 cm³/mol. The number of hydrogen-bond acceptors (Lipinski definition) is 3. The lowest BCUT2D eigenvalue weighted by Gasteiger charge is -1.98. The van der Waals surface area contributed by atoms with Gasteiger partial charge < -0.3 is 0 Å². The van der Waals surface area contributed by atoms with E-state index in [1.165, 1.54) is 11.8 Å². The Bertz CT molecular complexity index is 504. The Labute approximate surface area is 106 Å². The second kappa shape index (κ2) is 5.46. The van der Waals surface area contributed by atoms with Crippen LogP contribution in [0.25, 0.3) is 0 Å². The van der Waals surface area contributed by atoms with E-state index in [4.69, 9.17) is 11.6 Å². The molecule has 0 saturated carbocycles. The molecule has 2 rings (SSSR count). The van der Waals surface area contributed by atoms with Crippen LogP contribution in [0.15, 0.2) is 29.4 Å². The Kier molecular flexibility index (Phi) is 3.96. The maximum absolute atomic E-state index is 12.2. The number of nitrogens with one attached hydrogen (secondary N) is 1. The molecule has 17 heavy (non-hydrogen) atoms. The van der Waals surface area contributed by atoms with E-state index < -0.39 is 12.2 Å². The minimum Gasteiger partial charge on any atom is -0.257 e. The zero-order chi connectivity index (χ0) is 12.3. The van der Waals surface area contributed by atoms with Crippen molar-refractivity contribution in [1.29, 1.82) is 0 Å². The number of alkyl halides is 2. The highest BCUT2D eigenvalue weighted by molar-refractivity contribution is 7.98. The standard InChI is InChI=1S/C10H8ClF2N3S/c11-7-3-1-2-6(4-7)5-17-10-14-9(8(12)13)15-16-10/h1-4,8H,5H2,(H,14,15,16). The van der Waals surface area contributed by atoms with Gasteiger partial charge in [0.2, 0.25) is 5.16 Å². The Hall–Kier alpha value is -1.14. The van der Waals surface area contributed by atoms with Crippen molar-refractivity contribution in [3.8, 4) is 0 Å². The van der Waals surface area contributed by atoms with Crippen LogP contribution in [0, 0.1) is 0 Å². The highest BCUT2D eigenvalue weighted by atomic mass is 35.5. The lowest BCUT2D eigenvalue weighted by molar-refractivity contribution is 0.140. The SMILES string of the molecule is FC(F)c1nc(SCc2cccc(Cl)c2)n[nH]1. The largest absolute Gasteiger partial charge is 0.296 e. The fourth-order valence-electron chi connectivity index (χ4n) is 1.19. The molecule has 1 aromatic heterocycles. The molecule has 0 aliphatic rings. The number of aromatic nitrogens is 3. The van der Waals surface area contributed by atoms with Gasteiger partial charge in [0.25, 0.3) is 6.43 Å². The van der Waals surface area contributed by atoms with Crippen LogP contribution in [-0.4, -0.2) is 15.2 Å². The van der Waals surface area contributed by atoms with Crippen molar-refractivity contribution in [1.82, 2.24) is 15.2 Å². The van der Waals surface area contributed by atoms with E-state index >= 15 is 0 Å². The van der Waals surface area contributed by atoms with Crippen LogP contribution in [0.3, 0.4) is 0 Å². The number of nitrogens with zero attached hydrogens (tertiary/aromatic N) is 2. The smallest absolute Gasteiger partial charge is 0.257 e. The summed E-state index contributed by atoms with van der Waals surface area (Å²) in [6, 6.07) is 7.33. The summed E-state index contributed by atoms with van der Waals surface area (Å²) in [6.45, 7) is 0. The molecule has 0 amide bonds. The third kappa shape index (κ3) is 3.41. The van der Waals surface area contributed by atoms with Crippen molar-refractivity contribution >= 4 is 23.4 Å². The van der Waals surface area contributed by atoms with Crippen LogP contribution >= 0.6 is 23.4 Å². The van der Waals surface area contributed by atoms with E-state index in [0.717, 1.165) is 5.56 Å². The van der Waals surface area contributed by atoms with Gasteiger partial charge in [-0.1, -0.05) is 35.5 Å². The molecule has 0 bridgehead atoms. The summed E-state index contributed by atoms with van der Waals surface area (Å²) in [4.78, 5) is 3.66. The van der Waals surface area contributed by atoms with Crippen LogP contribution in [0.1, 0.15) is 17.8 Å². The van der Waals surface area contributed by atoms with Crippen molar-refractivity contribution in [3.05, 3.63) is 40.7 Å². The lowest BCUT2D eigenvalue weighted by atomic mass is 10.2. The summed E-state index contributed by atoms with van der Waals surface area (Å²) in [6.07, 6.45) is -2.62. The number of hydrogen-bond donors (Lipinski definition) is 1. The van der Waals surface area contributed by atoms with Gasteiger partial charge in [0.05, 0.1) is 0 Å². The first-order valence-electron chi connectivity index (χ1n) is 4.73. The van der Waals surface area contributed by atoms with E-state index in [0.29, 0.717) is 15.9 Å². The van der Waals surface area contributed by atoms with Gasteiger partial charge in [0.15, 0.2) is 5.82 Å². The Morgan fingerprint density at radius 1 is 1.41 bits per heavy atom. The van der Waals surface area contributed by atoms with Gasteiger partial charge in [-0.3, -0.25) is 5.10 Å². The minimum atomic E-state index is -2.62. The average Bonchev–Trinajstić information content (AvgIpc) is 2.75. The quantitative estimate of drug-likeness (QED) is 0.865. The van der Waals surface area contributed by atoms with Crippen LogP contribution in [0.2, 0.25) is 5.02 Å². The molecule has 1 heterocycles. The van der Waals surface area contributed by atoms with Gasteiger partial charge in [-0.15, -0.1) is 5.10 Å². The van der Waals surface area contributed by atoms with Crippen LogP contribution in [0.4, 0.5) is 8.78 Å². The third-order valence-corrected chi connectivity index (χ3v) is 3.10. The van der Waals surface area contributed by atoms with Crippen LogP contribution in [-0.2, 0) is 5.75 Å².